The molecule has 0 spiro atoms. The van der Waals surface area contributed by atoms with E-state index in [-0.39, 0.29) is 0 Å². The number of benzene rings is 1. The lowest BCUT2D eigenvalue weighted by atomic mass is 10.2. The van der Waals surface area contributed by atoms with E-state index in [2.05, 4.69) is 53.4 Å². The molecule has 3 aromatic heterocycles. The van der Waals surface area contributed by atoms with Gasteiger partial charge < -0.3 is 14.8 Å². The van der Waals surface area contributed by atoms with Gasteiger partial charge in [0.2, 0.25) is 0 Å². The zero-order valence-corrected chi connectivity index (χ0v) is 16.6. The number of aliphatic imine (C=N–C) groups is 1. The lowest BCUT2D eigenvalue weighted by molar-refractivity contribution is 0.643. The van der Waals surface area contributed by atoms with E-state index in [1.807, 2.05) is 23.6 Å². The molecular formula is C19H17N9S. The summed E-state index contributed by atoms with van der Waals surface area (Å²) in [5, 5.41) is 4.25. The Labute approximate surface area is 171 Å². The number of nitrogens with one attached hydrogen (secondary N) is 1. The molecule has 1 aliphatic rings. The van der Waals surface area contributed by atoms with E-state index in [1.54, 1.807) is 36.8 Å². The highest BCUT2D eigenvalue weighted by atomic mass is 32.2. The Kier molecular flexibility index (Phi) is 4.32. The van der Waals surface area contributed by atoms with E-state index in [0.29, 0.717) is 17.9 Å². The average molecular weight is 403 g/mol. The number of hydrogen-bond acceptors (Lipinski definition) is 8. The number of anilines is 2. The maximum atomic E-state index is 4.48. The van der Waals surface area contributed by atoms with Gasteiger partial charge >= 0.3 is 0 Å². The van der Waals surface area contributed by atoms with Crippen LogP contribution >= 0.6 is 11.8 Å². The van der Waals surface area contributed by atoms with Crippen LogP contribution in [0.4, 0.5) is 17.3 Å². The second-order valence-electron chi connectivity index (χ2n) is 6.72. The first-order valence-corrected chi connectivity index (χ1v) is 9.74. The maximum Gasteiger partial charge on any atom is 0.184 e. The number of rotatable bonds is 4. The van der Waals surface area contributed by atoms with Crippen molar-refractivity contribution in [2.45, 2.75) is 16.5 Å². The molecular weight excluding hydrogens is 386 g/mol. The Morgan fingerprint density at radius 3 is 2.93 bits per heavy atom. The fraction of sp³-hybridized carbons (Fsp3) is 0.158. The SMILES string of the molecule is CN(C)/C=N/c1ncnc2c1ncn2Cc1ccc2c(c1)Nc1nccnc1S2. The number of nitrogens with zero attached hydrogens (tertiary/aromatic N) is 8. The highest BCUT2D eigenvalue weighted by molar-refractivity contribution is 7.99. The summed E-state index contributed by atoms with van der Waals surface area (Å²) in [6, 6.07) is 6.33. The molecule has 0 radical (unpaired) electrons. The van der Waals surface area contributed by atoms with E-state index >= 15 is 0 Å². The van der Waals surface area contributed by atoms with Crippen molar-refractivity contribution in [3.63, 3.8) is 0 Å². The molecule has 9 nitrogen and oxygen atoms in total. The standard InChI is InChI=1S/C19H17N9S/c1-27(2)10-25-16-15-18(23-9-22-16)28(11-24-15)8-12-3-4-14-13(7-12)26-17-19(29-14)21-6-5-20-17/h3-7,9-11H,8H2,1-2H3,(H,20,26)/b25-10+. The van der Waals surface area contributed by atoms with Gasteiger partial charge in [-0.2, -0.15) is 0 Å². The van der Waals surface area contributed by atoms with Gasteiger partial charge in [0.15, 0.2) is 22.8 Å². The molecule has 144 valence electrons. The zero-order chi connectivity index (χ0) is 19.8. The summed E-state index contributed by atoms with van der Waals surface area (Å²) in [4.78, 5) is 29.2. The number of hydrogen-bond donors (Lipinski definition) is 1. The van der Waals surface area contributed by atoms with Gasteiger partial charge in [0.25, 0.3) is 0 Å². The summed E-state index contributed by atoms with van der Waals surface area (Å²) in [6.45, 7) is 0.636. The van der Waals surface area contributed by atoms with E-state index < -0.39 is 0 Å². The van der Waals surface area contributed by atoms with E-state index in [0.717, 1.165) is 32.6 Å². The minimum Gasteiger partial charge on any atom is -0.369 e. The van der Waals surface area contributed by atoms with Gasteiger partial charge in [-0.1, -0.05) is 17.8 Å². The molecule has 0 amide bonds. The van der Waals surface area contributed by atoms with Gasteiger partial charge in [-0.15, -0.1) is 0 Å². The van der Waals surface area contributed by atoms with Crippen LogP contribution in [-0.2, 0) is 6.54 Å². The van der Waals surface area contributed by atoms with Crippen molar-refractivity contribution in [3.8, 4) is 0 Å². The molecule has 1 aliphatic heterocycles. The van der Waals surface area contributed by atoms with Crippen LogP contribution in [0.1, 0.15) is 5.56 Å². The van der Waals surface area contributed by atoms with Crippen LogP contribution in [0.15, 0.2) is 58.2 Å². The van der Waals surface area contributed by atoms with Crippen LogP contribution in [0, 0.1) is 0 Å². The number of fused-ring (bicyclic) bond motifs is 3. The van der Waals surface area contributed by atoms with Crippen LogP contribution in [0.25, 0.3) is 11.2 Å². The molecule has 0 saturated heterocycles. The van der Waals surface area contributed by atoms with E-state index in [9.17, 15) is 0 Å². The Bertz CT molecular complexity index is 1230. The Morgan fingerprint density at radius 2 is 2.03 bits per heavy atom. The van der Waals surface area contributed by atoms with Gasteiger partial charge in [0.05, 0.1) is 24.9 Å². The average Bonchev–Trinajstić information content (AvgIpc) is 3.14. The molecule has 29 heavy (non-hydrogen) atoms. The molecule has 0 atom stereocenters. The third kappa shape index (κ3) is 3.38. The van der Waals surface area contributed by atoms with Crippen LogP contribution in [0.5, 0.6) is 0 Å². The third-order valence-corrected chi connectivity index (χ3v) is 5.38. The van der Waals surface area contributed by atoms with Crippen molar-refractivity contribution >= 4 is 46.6 Å². The summed E-state index contributed by atoms with van der Waals surface area (Å²) in [7, 11) is 3.82. The highest BCUT2D eigenvalue weighted by Crippen LogP contribution is 2.42. The van der Waals surface area contributed by atoms with Gasteiger partial charge in [-0.3, -0.25) is 0 Å². The van der Waals surface area contributed by atoms with Crippen LogP contribution in [0.2, 0.25) is 0 Å². The second-order valence-corrected chi connectivity index (χ2v) is 7.75. The summed E-state index contributed by atoms with van der Waals surface area (Å²) < 4.78 is 2.00. The van der Waals surface area contributed by atoms with Crippen LogP contribution < -0.4 is 5.32 Å². The van der Waals surface area contributed by atoms with Gasteiger partial charge in [-0.25, -0.2) is 29.9 Å². The normalized spacial score (nSPS) is 12.6. The van der Waals surface area contributed by atoms with E-state index in [1.165, 1.54) is 6.33 Å². The molecule has 0 saturated carbocycles. The molecule has 0 unspecified atom stereocenters. The first-order valence-electron chi connectivity index (χ1n) is 8.92. The number of aromatic nitrogens is 6. The largest absolute Gasteiger partial charge is 0.369 e. The number of imidazole rings is 1. The van der Waals surface area contributed by atoms with Crippen molar-refractivity contribution in [2.24, 2.45) is 4.99 Å². The Morgan fingerprint density at radius 1 is 1.14 bits per heavy atom. The predicted molar refractivity (Wildman–Crippen MR) is 112 cm³/mol. The summed E-state index contributed by atoms with van der Waals surface area (Å²) >= 11 is 1.62. The molecule has 0 aliphatic carbocycles. The maximum absolute atomic E-state index is 4.48. The van der Waals surface area contributed by atoms with Crippen molar-refractivity contribution < 1.29 is 0 Å². The summed E-state index contributed by atoms with van der Waals surface area (Å²) in [5.74, 6) is 1.34. The smallest absolute Gasteiger partial charge is 0.184 e. The quantitative estimate of drug-likeness (QED) is 0.361. The van der Waals surface area contributed by atoms with Crippen molar-refractivity contribution in [1.29, 1.82) is 0 Å². The summed E-state index contributed by atoms with van der Waals surface area (Å²) in [6.07, 6.45) is 8.39. The Balaban J connectivity index is 1.44. The molecule has 4 aromatic rings. The first-order chi connectivity index (χ1) is 14.2. The predicted octanol–water partition coefficient (Wildman–Crippen LogP) is 3.09. The molecule has 1 aromatic carbocycles. The highest BCUT2D eigenvalue weighted by Gasteiger charge is 2.18. The van der Waals surface area contributed by atoms with Gasteiger partial charge in [0, 0.05) is 31.4 Å². The fourth-order valence-corrected chi connectivity index (χ4v) is 3.90. The Hall–Kier alpha value is -3.53. The lowest BCUT2D eigenvalue weighted by Gasteiger charge is -2.19. The summed E-state index contributed by atoms with van der Waals surface area (Å²) in [5.41, 5.74) is 3.58. The molecule has 0 bridgehead atoms. The van der Waals surface area contributed by atoms with E-state index in [4.69, 9.17) is 0 Å². The van der Waals surface area contributed by atoms with Crippen molar-refractivity contribution in [2.75, 3.05) is 19.4 Å². The molecule has 5 rings (SSSR count). The molecule has 4 heterocycles. The van der Waals surface area contributed by atoms with Crippen LogP contribution in [-0.4, -0.2) is 54.8 Å². The fourth-order valence-electron chi connectivity index (χ4n) is 3.02. The van der Waals surface area contributed by atoms with Crippen LogP contribution in [0.3, 0.4) is 0 Å². The topological polar surface area (TPSA) is 97.0 Å². The first kappa shape index (κ1) is 17.6. The monoisotopic (exact) mass is 403 g/mol. The molecule has 0 fully saturated rings. The second kappa shape index (κ2) is 7.13. The van der Waals surface area contributed by atoms with Crippen molar-refractivity contribution in [3.05, 3.63) is 48.8 Å². The van der Waals surface area contributed by atoms with Gasteiger partial charge in [-0.05, 0) is 17.7 Å². The zero-order valence-electron chi connectivity index (χ0n) is 15.8. The lowest BCUT2D eigenvalue weighted by Crippen LogP contribution is -2.07. The minimum absolute atomic E-state index is 0.557. The van der Waals surface area contributed by atoms with Crippen molar-refractivity contribution in [1.82, 2.24) is 34.4 Å². The van der Waals surface area contributed by atoms with Gasteiger partial charge in [0.1, 0.15) is 11.4 Å². The minimum atomic E-state index is 0.557. The molecule has 10 heteroatoms. The molecule has 1 N–H and O–H groups in total. The third-order valence-electron chi connectivity index (χ3n) is 4.31.